The van der Waals surface area contributed by atoms with Crippen LogP contribution in [0.5, 0.6) is 0 Å². The maximum atomic E-state index is 12.9. The van der Waals surface area contributed by atoms with Crippen LogP contribution in [-0.2, 0) is 15.7 Å². The lowest BCUT2D eigenvalue weighted by atomic mass is 9.85. The molecule has 1 aliphatic heterocycles. The summed E-state index contributed by atoms with van der Waals surface area (Å²) in [4.78, 5) is 0. The average molecular weight is 357 g/mol. The Balaban J connectivity index is 1.40. The number of nitrogens with one attached hydrogen (secondary N) is 1. The largest absolute Gasteiger partial charge is 0.453 e. The van der Waals surface area contributed by atoms with Crippen LogP contribution in [0.15, 0.2) is 12.1 Å². The molecule has 1 saturated carbocycles. The fourth-order valence-corrected chi connectivity index (χ4v) is 3.42. The normalized spacial score (nSPS) is 21.2. The average Bonchev–Trinajstić information content (AvgIpc) is 3.21. The standard InChI is InChI=1S/C15H18F3N5O2/c16-15(17,18)13-21-20-12-2-1-11(22-23(12)13)19-9-10-3-5-14(6-4-10)24-7-8-25-14/h1-2,10H,3-9H2,(H,19,22). The first-order valence-electron chi connectivity index (χ1n) is 8.27. The highest BCUT2D eigenvalue weighted by atomic mass is 19.4. The molecule has 1 aliphatic carbocycles. The predicted molar refractivity (Wildman–Crippen MR) is 80.9 cm³/mol. The molecule has 0 amide bonds. The van der Waals surface area contributed by atoms with Crippen LogP contribution in [0.2, 0.25) is 0 Å². The number of halogens is 3. The van der Waals surface area contributed by atoms with Gasteiger partial charge < -0.3 is 14.8 Å². The molecule has 1 saturated heterocycles. The molecule has 1 N–H and O–H groups in total. The Kier molecular flexibility index (Phi) is 4.03. The molecule has 25 heavy (non-hydrogen) atoms. The maximum absolute atomic E-state index is 12.9. The molecule has 10 heteroatoms. The van der Waals surface area contributed by atoms with Crippen LogP contribution in [0.4, 0.5) is 19.0 Å². The lowest BCUT2D eigenvalue weighted by molar-refractivity contribution is -0.181. The van der Waals surface area contributed by atoms with Gasteiger partial charge in [-0.3, -0.25) is 0 Å². The van der Waals surface area contributed by atoms with Gasteiger partial charge in [0.05, 0.1) is 13.2 Å². The summed E-state index contributed by atoms with van der Waals surface area (Å²) in [6, 6.07) is 3.07. The van der Waals surface area contributed by atoms with Gasteiger partial charge in [-0.15, -0.1) is 15.3 Å². The highest BCUT2D eigenvalue weighted by Crippen LogP contribution is 2.38. The number of nitrogens with zero attached hydrogens (tertiary/aromatic N) is 4. The molecule has 2 aromatic rings. The number of rotatable bonds is 3. The van der Waals surface area contributed by atoms with Gasteiger partial charge >= 0.3 is 6.18 Å². The van der Waals surface area contributed by atoms with Gasteiger partial charge in [-0.1, -0.05) is 0 Å². The maximum Gasteiger partial charge on any atom is 0.453 e. The Morgan fingerprint density at radius 2 is 1.88 bits per heavy atom. The summed E-state index contributed by atoms with van der Waals surface area (Å²) in [5.74, 6) is -0.760. The van der Waals surface area contributed by atoms with E-state index in [9.17, 15) is 13.2 Å². The molecule has 1 spiro atoms. The van der Waals surface area contributed by atoms with Gasteiger partial charge in [0.25, 0.3) is 5.82 Å². The minimum atomic E-state index is -4.59. The van der Waals surface area contributed by atoms with Crippen molar-refractivity contribution < 1.29 is 22.6 Å². The molecule has 4 rings (SSSR count). The van der Waals surface area contributed by atoms with Crippen molar-refractivity contribution in [1.82, 2.24) is 19.8 Å². The molecule has 0 radical (unpaired) electrons. The first-order chi connectivity index (χ1) is 12.0. The van der Waals surface area contributed by atoms with Crippen molar-refractivity contribution in [3.8, 4) is 0 Å². The molecule has 7 nitrogen and oxygen atoms in total. The van der Waals surface area contributed by atoms with Gasteiger partial charge in [0.15, 0.2) is 11.4 Å². The zero-order valence-corrected chi connectivity index (χ0v) is 13.4. The van der Waals surface area contributed by atoms with Crippen molar-refractivity contribution >= 4 is 11.5 Å². The molecule has 0 unspecified atom stereocenters. The van der Waals surface area contributed by atoms with E-state index < -0.39 is 17.8 Å². The van der Waals surface area contributed by atoms with E-state index in [1.165, 1.54) is 6.07 Å². The molecule has 2 aliphatic rings. The summed E-state index contributed by atoms with van der Waals surface area (Å²) in [6.07, 6.45) is -1.03. The van der Waals surface area contributed by atoms with E-state index in [2.05, 4.69) is 20.6 Å². The molecule has 3 heterocycles. The molecule has 2 fully saturated rings. The van der Waals surface area contributed by atoms with Crippen molar-refractivity contribution in [2.24, 2.45) is 5.92 Å². The Bertz CT molecular complexity index is 747. The van der Waals surface area contributed by atoms with E-state index in [1.807, 2.05) is 0 Å². The van der Waals surface area contributed by atoms with Crippen LogP contribution in [0.3, 0.4) is 0 Å². The summed E-state index contributed by atoms with van der Waals surface area (Å²) in [5.41, 5.74) is 0.0630. The Labute approximate surface area is 141 Å². The molecule has 2 aromatic heterocycles. The summed E-state index contributed by atoms with van der Waals surface area (Å²) in [6.45, 7) is 1.93. The Hall–Kier alpha value is -1.94. The minimum absolute atomic E-state index is 0.0630. The topological polar surface area (TPSA) is 73.6 Å². The first-order valence-corrected chi connectivity index (χ1v) is 8.27. The second-order valence-electron chi connectivity index (χ2n) is 6.44. The van der Waals surface area contributed by atoms with Crippen LogP contribution in [0.25, 0.3) is 5.65 Å². The van der Waals surface area contributed by atoms with Crippen LogP contribution >= 0.6 is 0 Å². The van der Waals surface area contributed by atoms with Crippen LogP contribution in [0.1, 0.15) is 31.5 Å². The Morgan fingerprint density at radius 1 is 1.16 bits per heavy atom. The van der Waals surface area contributed by atoms with Crippen LogP contribution in [-0.4, -0.2) is 45.4 Å². The van der Waals surface area contributed by atoms with Crippen molar-refractivity contribution in [3.63, 3.8) is 0 Å². The minimum Gasteiger partial charge on any atom is -0.368 e. The van der Waals surface area contributed by atoms with E-state index in [0.29, 0.717) is 31.5 Å². The number of aromatic nitrogens is 4. The van der Waals surface area contributed by atoms with Crippen LogP contribution in [0, 0.1) is 5.92 Å². The zero-order chi connectivity index (χ0) is 17.5. The summed E-state index contributed by atoms with van der Waals surface area (Å²) in [5, 5.41) is 13.7. The van der Waals surface area contributed by atoms with Crippen molar-refractivity contribution in [3.05, 3.63) is 18.0 Å². The highest BCUT2D eigenvalue weighted by molar-refractivity contribution is 5.44. The lowest BCUT2D eigenvalue weighted by Gasteiger charge is -2.35. The van der Waals surface area contributed by atoms with E-state index in [-0.39, 0.29) is 5.65 Å². The van der Waals surface area contributed by atoms with E-state index in [4.69, 9.17) is 9.47 Å². The fraction of sp³-hybridized carbons (Fsp3) is 0.667. The Morgan fingerprint density at radius 3 is 2.56 bits per heavy atom. The first kappa shape index (κ1) is 16.5. The number of hydrogen-bond acceptors (Lipinski definition) is 6. The van der Waals surface area contributed by atoms with Gasteiger partial charge in [-0.05, 0) is 30.9 Å². The summed E-state index contributed by atoms with van der Waals surface area (Å²) in [7, 11) is 0. The van der Waals surface area contributed by atoms with E-state index in [0.717, 1.165) is 30.2 Å². The van der Waals surface area contributed by atoms with Crippen molar-refractivity contribution in [2.75, 3.05) is 25.1 Å². The predicted octanol–water partition coefficient (Wildman–Crippen LogP) is 2.49. The number of ether oxygens (including phenoxy) is 2. The molecule has 0 atom stereocenters. The smallest absolute Gasteiger partial charge is 0.368 e. The van der Waals surface area contributed by atoms with E-state index in [1.54, 1.807) is 6.07 Å². The molecule has 0 bridgehead atoms. The summed E-state index contributed by atoms with van der Waals surface area (Å²) >= 11 is 0. The molecule has 136 valence electrons. The number of anilines is 1. The molecular formula is C15H18F3N5O2. The monoisotopic (exact) mass is 357 g/mol. The number of alkyl halides is 3. The van der Waals surface area contributed by atoms with Gasteiger partial charge in [0, 0.05) is 19.4 Å². The van der Waals surface area contributed by atoms with Crippen molar-refractivity contribution in [1.29, 1.82) is 0 Å². The van der Waals surface area contributed by atoms with Gasteiger partial charge in [-0.2, -0.15) is 17.7 Å². The zero-order valence-electron chi connectivity index (χ0n) is 13.4. The number of fused-ring (bicyclic) bond motifs is 1. The second-order valence-corrected chi connectivity index (χ2v) is 6.44. The van der Waals surface area contributed by atoms with Crippen LogP contribution < -0.4 is 5.32 Å². The molecular weight excluding hydrogens is 339 g/mol. The fourth-order valence-electron chi connectivity index (χ4n) is 3.42. The lowest BCUT2D eigenvalue weighted by Crippen LogP contribution is -2.36. The molecule has 0 aromatic carbocycles. The van der Waals surface area contributed by atoms with Gasteiger partial charge in [0.1, 0.15) is 5.82 Å². The third-order valence-electron chi connectivity index (χ3n) is 4.77. The number of hydrogen-bond donors (Lipinski definition) is 1. The van der Waals surface area contributed by atoms with Crippen molar-refractivity contribution in [2.45, 2.75) is 37.6 Å². The SMILES string of the molecule is FC(F)(F)c1nnc2ccc(NCC3CCC4(CC3)OCCO4)nn12. The third-order valence-corrected chi connectivity index (χ3v) is 4.77. The van der Waals surface area contributed by atoms with Gasteiger partial charge in [0.2, 0.25) is 0 Å². The highest BCUT2D eigenvalue weighted by Gasteiger charge is 2.40. The van der Waals surface area contributed by atoms with Gasteiger partial charge in [-0.25, -0.2) is 0 Å². The quantitative estimate of drug-likeness (QED) is 0.910. The second kappa shape index (κ2) is 6.10. The van der Waals surface area contributed by atoms with E-state index >= 15 is 0 Å². The summed E-state index contributed by atoms with van der Waals surface area (Å²) < 4.78 is 50.8. The third kappa shape index (κ3) is 3.28.